The van der Waals surface area contributed by atoms with Gasteiger partial charge in [0.25, 0.3) is 0 Å². The molecular formula is C20H39IN4O2. The van der Waals surface area contributed by atoms with Gasteiger partial charge in [-0.05, 0) is 32.1 Å². The zero-order chi connectivity index (χ0) is 18.4. The van der Waals surface area contributed by atoms with E-state index in [1.807, 2.05) is 0 Å². The fourth-order valence-corrected chi connectivity index (χ4v) is 4.57. The van der Waals surface area contributed by atoms with Gasteiger partial charge in [-0.2, -0.15) is 0 Å². The predicted molar refractivity (Wildman–Crippen MR) is 121 cm³/mol. The Kier molecular flexibility index (Phi) is 9.58. The number of halogens is 1. The molecule has 2 N–H and O–H groups in total. The highest BCUT2D eigenvalue weighted by molar-refractivity contribution is 14.0. The Morgan fingerprint density at radius 1 is 1.22 bits per heavy atom. The maximum absolute atomic E-state index is 10.4. The van der Waals surface area contributed by atoms with Crippen molar-refractivity contribution in [2.24, 2.45) is 16.3 Å². The molecule has 0 aromatic carbocycles. The van der Waals surface area contributed by atoms with Crippen LogP contribution in [0.25, 0.3) is 0 Å². The van der Waals surface area contributed by atoms with Crippen molar-refractivity contribution in [2.75, 3.05) is 59.0 Å². The third-order valence-electron chi connectivity index (χ3n) is 6.41. The van der Waals surface area contributed by atoms with E-state index in [0.717, 1.165) is 77.7 Å². The molecule has 1 saturated carbocycles. The summed E-state index contributed by atoms with van der Waals surface area (Å²) in [6, 6.07) is 0. The van der Waals surface area contributed by atoms with Gasteiger partial charge in [0.05, 0.1) is 25.9 Å². The summed E-state index contributed by atoms with van der Waals surface area (Å²) in [6.45, 7) is 13.2. The summed E-state index contributed by atoms with van der Waals surface area (Å²) in [4.78, 5) is 9.93. The van der Waals surface area contributed by atoms with Gasteiger partial charge < -0.3 is 20.1 Å². The summed E-state index contributed by atoms with van der Waals surface area (Å²) in [7, 11) is 0. The largest absolute Gasteiger partial charge is 0.392 e. The summed E-state index contributed by atoms with van der Waals surface area (Å²) < 4.78 is 5.46. The van der Waals surface area contributed by atoms with E-state index in [2.05, 4.69) is 29.0 Å². The highest BCUT2D eigenvalue weighted by Gasteiger charge is 2.35. The smallest absolute Gasteiger partial charge is 0.193 e. The summed E-state index contributed by atoms with van der Waals surface area (Å²) >= 11 is 0. The van der Waals surface area contributed by atoms with Crippen molar-refractivity contribution in [2.45, 2.75) is 52.1 Å². The second kappa shape index (κ2) is 11.2. The van der Waals surface area contributed by atoms with E-state index in [1.165, 1.54) is 19.4 Å². The van der Waals surface area contributed by atoms with Crippen LogP contribution in [0.3, 0.4) is 0 Å². The molecule has 3 atom stereocenters. The Labute approximate surface area is 182 Å². The lowest BCUT2D eigenvalue weighted by Crippen LogP contribution is -2.44. The van der Waals surface area contributed by atoms with Crippen LogP contribution in [0.4, 0.5) is 0 Å². The Hall–Kier alpha value is -0.120. The molecule has 0 bridgehead atoms. The van der Waals surface area contributed by atoms with Gasteiger partial charge >= 0.3 is 0 Å². The first-order valence-electron chi connectivity index (χ1n) is 10.6. The maximum Gasteiger partial charge on any atom is 0.193 e. The minimum Gasteiger partial charge on any atom is -0.392 e. The van der Waals surface area contributed by atoms with E-state index in [1.54, 1.807) is 0 Å². The van der Waals surface area contributed by atoms with Crippen LogP contribution in [-0.2, 0) is 4.74 Å². The molecule has 3 aliphatic rings. The maximum atomic E-state index is 10.4. The number of nitrogens with zero attached hydrogens (tertiary/aromatic N) is 3. The van der Waals surface area contributed by atoms with Gasteiger partial charge in [-0.1, -0.05) is 19.8 Å². The van der Waals surface area contributed by atoms with Crippen LogP contribution in [0.5, 0.6) is 0 Å². The number of hydrogen-bond donors (Lipinski definition) is 2. The molecule has 2 saturated heterocycles. The lowest BCUT2D eigenvalue weighted by atomic mass is 9.73. The van der Waals surface area contributed by atoms with Gasteiger partial charge in [-0.15, -0.1) is 24.0 Å². The second-order valence-corrected chi connectivity index (χ2v) is 8.60. The molecule has 6 nitrogen and oxygen atoms in total. The molecule has 7 heteroatoms. The molecule has 2 aliphatic heterocycles. The monoisotopic (exact) mass is 494 g/mol. The highest BCUT2D eigenvalue weighted by Crippen LogP contribution is 2.36. The van der Waals surface area contributed by atoms with Crippen LogP contribution < -0.4 is 5.32 Å². The summed E-state index contributed by atoms with van der Waals surface area (Å²) in [5.74, 6) is 1.75. The van der Waals surface area contributed by atoms with Crippen LogP contribution in [-0.4, -0.2) is 86.0 Å². The normalized spacial score (nSPS) is 33.0. The first kappa shape index (κ1) is 23.2. The van der Waals surface area contributed by atoms with Crippen molar-refractivity contribution in [1.82, 2.24) is 15.1 Å². The van der Waals surface area contributed by atoms with Crippen LogP contribution in [0.15, 0.2) is 4.99 Å². The molecule has 3 fully saturated rings. The Bertz CT molecular complexity index is 473. The van der Waals surface area contributed by atoms with Crippen molar-refractivity contribution in [1.29, 1.82) is 0 Å². The van der Waals surface area contributed by atoms with Crippen molar-refractivity contribution in [3.05, 3.63) is 0 Å². The minimum atomic E-state index is -0.212. The van der Waals surface area contributed by atoms with E-state index in [-0.39, 0.29) is 35.5 Å². The van der Waals surface area contributed by atoms with Crippen molar-refractivity contribution < 1.29 is 9.84 Å². The molecular weight excluding hydrogens is 455 g/mol. The highest BCUT2D eigenvalue weighted by atomic mass is 127. The topological polar surface area (TPSA) is 60.3 Å². The van der Waals surface area contributed by atoms with Crippen LogP contribution in [0.1, 0.15) is 46.0 Å². The zero-order valence-corrected chi connectivity index (χ0v) is 19.5. The molecule has 3 unspecified atom stereocenters. The molecule has 0 aromatic rings. The SMILES string of the molecule is CCNC(=NCC1(C)CCCCC1O)N1CCC(CN2CCOCC2)C1.I. The minimum absolute atomic E-state index is 0. The summed E-state index contributed by atoms with van der Waals surface area (Å²) in [6.07, 6.45) is 5.39. The molecule has 158 valence electrons. The molecule has 2 heterocycles. The number of aliphatic hydroxyl groups is 1. The van der Waals surface area contributed by atoms with Crippen molar-refractivity contribution in [3.63, 3.8) is 0 Å². The number of morpholine rings is 1. The Morgan fingerprint density at radius 2 is 2.00 bits per heavy atom. The number of likely N-dealkylation sites (tertiary alicyclic amines) is 1. The lowest BCUT2D eigenvalue weighted by Gasteiger charge is -2.37. The molecule has 27 heavy (non-hydrogen) atoms. The average Bonchev–Trinajstić information content (AvgIpc) is 3.10. The molecule has 0 radical (unpaired) electrons. The van der Waals surface area contributed by atoms with Gasteiger partial charge in [-0.25, -0.2) is 0 Å². The first-order valence-corrected chi connectivity index (χ1v) is 10.6. The van der Waals surface area contributed by atoms with E-state index in [0.29, 0.717) is 5.92 Å². The summed E-state index contributed by atoms with van der Waals surface area (Å²) in [5, 5.41) is 13.9. The molecule has 0 spiro atoms. The standard InChI is InChI=1S/C20H38N4O2.HI/c1-3-21-19(22-16-20(2)8-5-4-6-18(20)25)24-9-7-17(15-24)14-23-10-12-26-13-11-23;/h17-18,25H,3-16H2,1-2H3,(H,21,22);1H. The Balaban J connectivity index is 0.00000261. The fraction of sp³-hybridized carbons (Fsp3) is 0.950. The number of nitrogens with one attached hydrogen (secondary N) is 1. The van der Waals surface area contributed by atoms with E-state index < -0.39 is 0 Å². The number of hydrogen-bond acceptors (Lipinski definition) is 4. The van der Waals surface area contributed by atoms with Gasteiger partial charge in [-0.3, -0.25) is 9.89 Å². The number of rotatable bonds is 5. The zero-order valence-electron chi connectivity index (χ0n) is 17.2. The van der Waals surface area contributed by atoms with Crippen molar-refractivity contribution >= 4 is 29.9 Å². The van der Waals surface area contributed by atoms with Gasteiger partial charge in [0.1, 0.15) is 0 Å². The second-order valence-electron chi connectivity index (χ2n) is 8.60. The first-order chi connectivity index (χ1) is 12.6. The lowest BCUT2D eigenvalue weighted by molar-refractivity contribution is 0.00704. The van der Waals surface area contributed by atoms with Gasteiger partial charge in [0.2, 0.25) is 0 Å². The number of ether oxygens (including phenoxy) is 1. The number of aliphatic hydroxyl groups excluding tert-OH is 1. The molecule has 0 aromatic heterocycles. The third kappa shape index (κ3) is 6.44. The third-order valence-corrected chi connectivity index (χ3v) is 6.41. The van der Waals surface area contributed by atoms with Crippen LogP contribution >= 0.6 is 24.0 Å². The van der Waals surface area contributed by atoms with E-state index in [9.17, 15) is 5.11 Å². The molecule has 1 aliphatic carbocycles. The van der Waals surface area contributed by atoms with E-state index >= 15 is 0 Å². The van der Waals surface area contributed by atoms with Crippen LogP contribution in [0.2, 0.25) is 0 Å². The fourth-order valence-electron chi connectivity index (χ4n) is 4.57. The van der Waals surface area contributed by atoms with Crippen molar-refractivity contribution in [3.8, 4) is 0 Å². The molecule has 3 rings (SSSR count). The van der Waals surface area contributed by atoms with Gasteiger partial charge in [0.15, 0.2) is 5.96 Å². The summed E-state index contributed by atoms with van der Waals surface area (Å²) in [5.41, 5.74) is -0.0636. The number of guanidine groups is 1. The number of aliphatic imine (C=N–C) groups is 1. The Morgan fingerprint density at radius 3 is 2.70 bits per heavy atom. The predicted octanol–water partition coefficient (Wildman–Crippen LogP) is 2.17. The quantitative estimate of drug-likeness (QED) is 0.349. The van der Waals surface area contributed by atoms with E-state index in [4.69, 9.17) is 9.73 Å². The molecule has 0 amide bonds. The van der Waals surface area contributed by atoms with Crippen LogP contribution in [0, 0.1) is 11.3 Å². The van der Waals surface area contributed by atoms with Gasteiger partial charge in [0, 0.05) is 44.7 Å². The average molecular weight is 494 g/mol.